The van der Waals surface area contributed by atoms with Gasteiger partial charge in [-0.05, 0) is 146 Å². The maximum atomic E-state index is 7.88. The summed E-state index contributed by atoms with van der Waals surface area (Å²) in [6.45, 7) is 48.2. The predicted molar refractivity (Wildman–Crippen MR) is 252 cm³/mol. The highest BCUT2D eigenvalue weighted by Gasteiger charge is 2.59. The summed E-state index contributed by atoms with van der Waals surface area (Å²) in [5.74, 6) is 2.67. The van der Waals surface area contributed by atoms with Crippen LogP contribution in [0, 0.1) is 41.4 Å². The number of hydrogen-bond donors (Lipinski definition) is 0. The van der Waals surface area contributed by atoms with Gasteiger partial charge in [0.25, 0.3) is 0 Å². The summed E-state index contributed by atoms with van der Waals surface area (Å²) in [7, 11) is -5.23. The van der Waals surface area contributed by atoms with Gasteiger partial charge in [-0.1, -0.05) is 100 Å². The van der Waals surface area contributed by atoms with Crippen molar-refractivity contribution < 1.29 is 41.4 Å². The Labute approximate surface area is 376 Å². The van der Waals surface area contributed by atoms with Crippen LogP contribution in [0.1, 0.15) is 163 Å². The molecular weight excluding hydrogens is 801 g/mol. The number of fused-ring (bicyclic) bond motifs is 1. The van der Waals surface area contributed by atoms with Crippen molar-refractivity contribution >= 4 is 17.8 Å². The molecule has 61 heavy (non-hydrogen) atoms. The van der Waals surface area contributed by atoms with E-state index in [4.69, 9.17) is 41.4 Å². The van der Waals surface area contributed by atoms with Gasteiger partial charge >= 0.3 is 8.80 Å². The number of aryl methyl sites for hydroxylation is 1. The highest BCUT2D eigenvalue weighted by molar-refractivity contribution is 6.72. The summed E-state index contributed by atoms with van der Waals surface area (Å²) in [6, 6.07) is 9.58. The molecule has 9 nitrogen and oxygen atoms in total. The third-order valence-corrected chi connectivity index (χ3v) is 23.0. The van der Waals surface area contributed by atoms with Crippen molar-refractivity contribution in [2.45, 2.75) is 235 Å². The average molecular weight is 893 g/mol. The summed E-state index contributed by atoms with van der Waals surface area (Å²) in [5, 5.41) is 0. The Kier molecular flexibility index (Phi) is 18.1. The van der Waals surface area contributed by atoms with Crippen LogP contribution in [0.4, 0.5) is 0 Å². The fourth-order valence-electron chi connectivity index (χ4n) is 9.69. The maximum Gasteiger partial charge on any atom is 0.491 e. The minimum Gasteiger partial charge on any atom is -0.418 e. The van der Waals surface area contributed by atoms with Gasteiger partial charge in [0.1, 0.15) is 24.4 Å². The van der Waals surface area contributed by atoms with Crippen LogP contribution in [-0.2, 0) is 54.4 Å². The summed E-state index contributed by atoms with van der Waals surface area (Å²) in [6.07, 6.45) is -0.0647. The highest BCUT2D eigenvalue weighted by atomic mass is 28.4. The normalized spacial score (nSPS) is 28.4. The van der Waals surface area contributed by atoms with E-state index in [2.05, 4.69) is 142 Å². The first kappa shape index (κ1) is 52.9. The largest absolute Gasteiger partial charge is 0.491 e. The van der Waals surface area contributed by atoms with Gasteiger partial charge in [-0.25, -0.2) is 0 Å². The van der Waals surface area contributed by atoms with Gasteiger partial charge in [-0.15, -0.1) is 0 Å². The second-order valence-electron chi connectivity index (χ2n) is 23.1. The zero-order valence-corrected chi connectivity index (χ0v) is 44.8. The summed E-state index contributed by atoms with van der Waals surface area (Å²) >= 11 is 0. The molecule has 3 aliphatic heterocycles. The zero-order chi connectivity index (χ0) is 46.0. The predicted octanol–water partition coefficient (Wildman–Crippen LogP) is 12.1. The highest BCUT2D eigenvalue weighted by Crippen LogP contribution is 2.46. The fourth-order valence-corrected chi connectivity index (χ4v) is 19.5. The second-order valence-corrected chi connectivity index (χ2v) is 29.3. The van der Waals surface area contributed by atoms with E-state index in [0.717, 1.165) is 24.4 Å². The molecule has 0 saturated carbocycles. The average Bonchev–Trinajstić information content (AvgIpc) is 3.77. The molecule has 3 saturated heterocycles. The van der Waals surface area contributed by atoms with Crippen molar-refractivity contribution in [1.29, 1.82) is 0 Å². The second kappa shape index (κ2) is 20.9. The molecule has 3 heterocycles. The first-order valence-corrected chi connectivity index (χ1v) is 27.8. The lowest BCUT2D eigenvalue weighted by atomic mass is 9.78. The van der Waals surface area contributed by atoms with Crippen molar-refractivity contribution in [3.8, 4) is 0 Å². The van der Waals surface area contributed by atoms with Crippen molar-refractivity contribution in [1.82, 2.24) is 0 Å². The molecule has 0 radical (unpaired) electrons. The van der Waals surface area contributed by atoms with Crippen LogP contribution < -0.4 is 0 Å². The molecule has 0 spiro atoms. The molecule has 354 valence electrons. The number of benzene rings is 1. The maximum absolute atomic E-state index is 7.88. The Morgan fingerprint density at radius 3 is 1.66 bits per heavy atom. The van der Waals surface area contributed by atoms with E-state index in [1.165, 1.54) is 5.56 Å². The minimum absolute atomic E-state index is 0.274. The van der Waals surface area contributed by atoms with Crippen LogP contribution in [-0.4, -0.2) is 77.9 Å². The zero-order valence-electron chi connectivity index (χ0n) is 42.7. The minimum atomic E-state index is -3.24. The molecule has 0 aromatic heterocycles. The lowest BCUT2D eigenvalue weighted by molar-refractivity contribution is -0.236. The van der Waals surface area contributed by atoms with E-state index < -0.39 is 46.9 Å². The smallest absolute Gasteiger partial charge is 0.418 e. The lowest BCUT2D eigenvalue weighted by Crippen LogP contribution is -2.58. The van der Waals surface area contributed by atoms with E-state index in [9.17, 15) is 0 Å². The van der Waals surface area contributed by atoms with Crippen molar-refractivity contribution in [3.63, 3.8) is 0 Å². The monoisotopic (exact) mass is 893 g/mol. The Bertz CT molecular complexity index is 1470. The molecule has 0 bridgehead atoms. The molecule has 0 amide bonds. The lowest BCUT2D eigenvalue weighted by Gasteiger charge is -2.47. The van der Waals surface area contributed by atoms with Crippen LogP contribution in [0.3, 0.4) is 0 Å². The van der Waals surface area contributed by atoms with Crippen molar-refractivity contribution in [3.05, 3.63) is 35.4 Å². The van der Waals surface area contributed by atoms with Gasteiger partial charge in [0.05, 0.1) is 24.4 Å². The fraction of sp³-hybridized carbons (Fsp3) is 0.880. The van der Waals surface area contributed by atoms with E-state index in [1.54, 1.807) is 0 Å². The molecule has 1 aromatic carbocycles. The van der Waals surface area contributed by atoms with Crippen molar-refractivity contribution in [2.75, 3.05) is 6.61 Å². The summed E-state index contributed by atoms with van der Waals surface area (Å²) < 4.78 is 59.9. The molecule has 3 fully saturated rings. The molecule has 0 N–H and O–H groups in total. The Hall–Kier alpha value is -0.706. The Morgan fingerprint density at radius 1 is 0.656 bits per heavy atom. The molecule has 1 aromatic rings. The standard InChI is InChI=1S/C50H92O9Si2/c1-31(2)33(5)35(7)37(9)39(11)60(38(10)36(8)34(6)32(3)4)59-61(57-47(12,13)14,58-48(15,16)17)28-22-23-40-24-26-41(27-25-40)29-51-44-43(42-30-52-49(18,19)54-42)53-46-45(44)55-50(20,21)56-46/h24-27,31-39,42-46,60H,22-23,28-30H2,1-21H3/t33?,34?,35?,36?,37?,38?,39?,42?,43-,44+,45-,46-,60?/m1/s1. The first-order chi connectivity index (χ1) is 27.9. The topological polar surface area (TPSA) is 83.1 Å². The third-order valence-electron chi connectivity index (χ3n) is 14.4. The molecule has 9 unspecified atom stereocenters. The van der Waals surface area contributed by atoms with Gasteiger partial charge in [0.2, 0.25) is 0 Å². The van der Waals surface area contributed by atoms with Gasteiger partial charge < -0.3 is 41.4 Å². The van der Waals surface area contributed by atoms with Gasteiger partial charge in [-0.3, -0.25) is 0 Å². The van der Waals surface area contributed by atoms with E-state index in [1.807, 2.05) is 27.7 Å². The van der Waals surface area contributed by atoms with Gasteiger partial charge in [-0.2, -0.15) is 0 Å². The number of rotatable bonds is 21. The SMILES string of the molecule is CC(C)C(C)C(C)C(C)C(C)[SiH](O[Si](CCCc1ccc(CO[C@@H]2[C@H]3OC(C)(C)O[C@H]3O[C@@H]2C2COC(C)(C)O2)cc1)(OC(C)(C)C)OC(C)(C)C)C(C)C(C)C(C)C(C)C. The Morgan fingerprint density at radius 2 is 1.16 bits per heavy atom. The van der Waals surface area contributed by atoms with Crippen LogP contribution in [0.2, 0.25) is 17.1 Å². The molecule has 3 aliphatic rings. The molecule has 13 atom stereocenters. The van der Waals surface area contributed by atoms with Crippen LogP contribution in [0.25, 0.3) is 0 Å². The molecular formula is C50H92O9Si2. The van der Waals surface area contributed by atoms with Gasteiger partial charge in [0.15, 0.2) is 26.9 Å². The van der Waals surface area contributed by atoms with E-state index >= 15 is 0 Å². The summed E-state index contributed by atoms with van der Waals surface area (Å²) in [4.78, 5) is 0. The molecule has 0 aliphatic carbocycles. The van der Waals surface area contributed by atoms with Crippen LogP contribution >= 0.6 is 0 Å². The van der Waals surface area contributed by atoms with Crippen LogP contribution in [0.5, 0.6) is 0 Å². The van der Waals surface area contributed by atoms with Crippen molar-refractivity contribution in [2.24, 2.45) is 41.4 Å². The third kappa shape index (κ3) is 14.6. The quantitative estimate of drug-likeness (QED) is 0.112. The van der Waals surface area contributed by atoms with E-state index in [-0.39, 0.29) is 24.4 Å². The van der Waals surface area contributed by atoms with E-state index in [0.29, 0.717) is 65.7 Å². The first-order valence-electron chi connectivity index (χ1n) is 24.0. The number of hydrogen-bond acceptors (Lipinski definition) is 9. The molecule has 11 heteroatoms. The molecule has 4 rings (SSSR count). The Balaban J connectivity index is 1.55. The number of ether oxygens (including phenoxy) is 6. The van der Waals surface area contributed by atoms with Crippen LogP contribution in [0.15, 0.2) is 24.3 Å². The summed E-state index contributed by atoms with van der Waals surface area (Å²) in [5.41, 5.74) is 2.41. The van der Waals surface area contributed by atoms with Gasteiger partial charge in [0, 0.05) is 6.04 Å².